The van der Waals surface area contributed by atoms with E-state index in [0.717, 1.165) is 12.1 Å². The molecule has 0 spiro atoms. The SMILES string of the molecule is C[C@H](c1c[nH]c(=O)c2cc(F)c(F)cc12)N(C)C(=O)c1cc2c(Cl)cccn2c1. The fraction of sp³-hybridized carbons (Fsp3) is 0.143. The van der Waals surface area contributed by atoms with Crippen LogP contribution < -0.4 is 5.56 Å². The van der Waals surface area contributed by atoms with Gasteiger partial charge in [0.15, 0.2) is 11.6 Å². The molecule has 0 saturated carbocycles. The fourth-order valence-corrected chi connectivity index (χ4v) is 3.65. The predicted molar refractivity (Wildman–Crippen MR) is 107 cm³/mol. The minimum absolute atomic E-state index is 0.0236. The summed E-state index contributed by atoms with van der Waals surface area (Å²) in [7, 11) is 1.60. The van der Waals surface area contributed by atoms with Crippen molar-refractivity contribution >= 4 is 33.8 Å². The Morgan fingerprint density at radius 2 is 1.90 bits per heavy atom. The van der Waals surface area contributed by atoms with Crippen LogP contribution in [0.25, 0.3) is 16.3 Å². The van der Waals surface area contributed by atoms with Crippen LogP contribution in [0.15, 0.2) is 53.7 Å². The van der Waals surface area contributed by atoms with E-state index in [4.69, 9.17) is 11.6 Å². The number of H-pyrrole nitrogens is 1. The zero-order valence-electron chi connectivity index (χ0n) is 15.5. The first-order valence-electron chi connectivity index (χ1n) is 8.81. The molecule has 1 N–H and O–H groups in total. The Balaban J connectivity index is 1.75. The Morgan fingerprint density at radius 1 is 1.21 bits per heavy atom. The van der Waals surface area contributed by atoms with Gasteiger partial charge in [-0.25, -0.2) is 8.78 Å². The summed E-state index contributed by atoms with van der Waals surface area (Å²) in [5.41, 5.74) is 1.09. The van der Waals surface area contributed by atoms with Crippen LogP contribution in [0, 0.1) is 11.6 Å². The normalized spacial score (nSPS) is 12.4. The molecule has 0 saturated heterocycles. The van der Waals surface area contributed by atoms with E-state index >= 15 is 0 Å². The molecule has 1 amide bonds. The second-order valence-electron chi connectivity index (χ2n) is 6.85. The Kier molecular flexibility index (Phi) is 4.62. The quantitative estimate of drug-likeness (QED) is 0.534. The van der Waals surface area contributed by atoms with Crippen molar-refractivity contribution in [3.63, 3.8) is 0 Å². The molecule has 0 unspecified atom stereocenters. The third-order valence-electron chi connectivity index (χ3n) is 5.16. The number of aromatic nitrogens is 2. The molecule has 1 atom stereocenters. The van der Waals surface area contributed by atoms with Gasteiger partial charge < -0.3 is 14.3 Å². The third-order valence-corrected chi connectivity index (χ3v) is 5.48. The van der Waals surface area contributed by atoms with E-state index in [-0.39, 0.29) is 16.7 Å². The predicted octanol–water partition coefficient (Wildman–Crippen LogP) is 4.55. The van der Waals surface area contributed by atoms with Crippen LogP contribution in [0.1, 0.15) is 28.9 Å². The highest BCUT2D eigenvalue weighted by Crippen LogP contribution is 2.28. The molecule has 0 aliphatic carbocycles. The molecule has 0 aliphatic heterocycles. The number of fused-ring (bicyclic) bond motifs is 2. The average molecular weight is 416 g/mol. The summed E-state index contributed by atoms with van der Waals surface area (Å²) in [6.07, 6.45) is 4.88. The molecule has 0 fully saturated rings. The number of nitrogens with one attached hydrogen (secondary N) is 1. The number of aromatic amines is 1. The van der Waals surface area contributed by atoms with E-state index in [1.807, 2.05) is 0 Å². The second-order valence-corrected chi connectivity index (χ2v) is 7.26. The Bertz CT molecular complexity index is 1330. The van der Waals surface area contributed by atoms with Gasteiger partial charge in [-0.1, -0.05) is 11.6 Å². The summed E-state index contributed by atoms with van der Waals surface area (Å²) in [6.45, 7) is 1.75. The molecule has 4 rings (SSSR count). The van der Waals surface area contributed by atoms with Crippen molar-refractivity contribution in [3.05, 3.63) is 87.1 Å². The molecular weight excluding hydrogens is 400 g/mol. The summed E-state index contributed by atoms with van der Waals surface area (Å²) in [5.74, 6) is -2.44. The van der Waals surface area contributed by atoms with Gasteiger partial charge in [0.25, 0.3) is 11.5 Å². The van der Waals surface area contributed by atoms with E-state index in [1.165, 1.54) is 11.1 Å². The summed E-state index contributed by atoms with van der Waals surface area (Å²) in [4.78, 5) is 29.1. The van der Waals surface area contributed by atoms with Gasteiger partial charge in [-0.05, 0) is 48.2 Å². The molecule has 0 aliphatic rings. The molecule has 4 aromatic rings. The highest BCUT2D eigenvalue weighted by Gasteiger charge is 2.23. The van der Waals surface area contributed by atoms with E-state index in [9.17, 15) is 18.4 Å². The molecule has 0 bridgehead atoms. The minimum Gasteiger partial charge on any atom is -0.335 e. The number of carbonyl (C=O) groups excluding carboxylic acids is 1. The van der Waals surface area contributed by atoms with E-state index in [2.05, 4.69) is 4.98 Å². The maximum absolute atomic E-state index is 13.8. The number of rotatable bonds is 3. The van der Waals surface area contributed by atoms with Gasteiger partial charge in [0.1, 0.15) is 0 Å². The maximum atomic E-state index is 13.8. The summed E-state index contributed by atoms with van der Waals surface area (Å²) in [6, 6.07) is 6.52. The van der Waals surface area contributed by atoms with Crippen LogP contribution in [0.5, 0.6) is 0 Å². The van der Waals surface area contributed by atoms with Gasteiger partial charge in [0.05, 0.1) is 27.5 Å². The summed E-state index contributed by atoms with van der Waals surface area (Å²) in [5, 5.41) is 0.798. The molecule has 29 heavy (non-hydrogen) atoms. The second kappa shape index (κ2) is 7.00. The number of benzene rings is 1. The number of hydrogen-bond donors (Lipinski definition) is 1. The third kappa shape index (κ3) is 3.17. The van der Waals surface area contributed by atoms with Crippen molar-refractivity contribution in [1.29, 1.82) is 0 Å². The van der Waals surface area contributed by atoms with E-state index < -0.39 is 23.2 Å². The zero-order chi connectivity index (χ0) is 20.9. The number of amides is 1. The highest BCUT2D eigenvalue weighted by atomic mass is 35.5. The fourth-order valence-electron chi connectivity index (χ4n) is 3.42. The van der Waals surface area contributed by atoms with Crippen molar-refractivity contribution in [2.45, 2.75) is 13.0 Å². The number of halogens is 3. The van der Waals surface area contributed by atoms with Gasteiger partial charge in [0, 0.05) is 25.6 Å². The number of carbonyl (C=O) groups is 1. The van der Waals surface area contributed by atoms with Crippen molar-refractivity contribution in [2.24, 2.45) is 0 Å². The highest BCUT2D eigenvalue weighted by molar-refractivity contribution is 6.33. The van der Waals surface area contributed by atoms with Gasteiger partial charge in [0.2, 0.25) is 0 Å². The lowest BCUT2D eigenvalue weighted by Gasteiger charge is -2.26. The Morgan fingerprint density at radius 3 is 2.59 bits per heavy atom. The largest absolute Gasteiger partial charge is 0.335 e. The van der Waals surface area contributed by atoms with E-state index in [1.54, 1.807) is 49.0 Å². The van der Waals surface area contributed by atoms with Gasteiger partial charge >= 0.3 is 0 Å². The standard InChI is InChI=1S/C21H16ClF2N3O2/c1-11(15-9-25-20(28)14-8-18(24)17(23)7-13(14)15)26(2)21(29)12-6-19-16(22)4-3-5-27(19)10-12/h3-11H,1-2H3,(H,25,28)/t11-/m1/s1. The summed E-state index contributed by atoms with van der Waals surface area (Å²) < 4.78 is 29.2. The topological polar surface area (TPSA) is 57.6 Å². The lowest BCUT2D eigenvalue weighted by Crippen LogP contribution is -2.30. The number of nitrogens with zero attached hydrogens (tertiary/aromatic N) is 2. The molecular formula is C21H16ClF2N3O2. The number of hydrogen-bond acceptors (Lipinski definition) is 2. The molecule has 0 radical (unpaired) electrons. The van der Waals surface area contributed by atoms with Crippen LogP contribution in [0.4, 0.5) is 8.78 Å². The first-order valence-corrected chi connectivity index (χ1v) is 9.19. The van der Waals surface area contributed by atoms with Crippen LogP contribution in [0.2, 0.25) is 5.02 Å². The van der Waals surface area contributed by atoms with Gasteiger partial charge in [-0.2, -0.15) is 0 Å². The van der Waals surface area contributed by atoms with E-state index in [0.29, 0.717) is 21.7 Å². The number of pyridine rings is 2. The van der Waals surface area contributed by atoms with Crippen molar-refractivity contribution < 1.29 is 13.6 Å². The van der Waals surface area contributed by atoms with Crippen molar-refractivity contribution in [2.75, 3.05) is 7.05 Å². The molecule has 8 heteroatoms. The lowest BCUT2D eigenvalue weighted by atomic mass is 10.0. The average Bonchev–Trinajstić information content (AvgIpc) is 3.14. The van der Waals surface area contributed by atoms with Crippen LogP contribution >= 0.6 is 11.6 Å². The van der Waals surface area contributed by atoms with Crippen molar-refractivity contribution in [3.8, 4) is 0 Å². The van der Waals surface area contributed by atoms with Crippen molar-refractivity contribution in [1.82, 2.24) is 14.3 Å². The Hall–Kier alpha value is -3.19. The first kappa shape index (κ1) is 19.1. The Labute approximate surface area is 169 Å². The molecule has 1 aromatic carbocycles. The zero-order valence-corrected chi connectivity index (χ0v) is 16.3. The van der Waals surface area contributed by atoms with Crippen LogP contribution in [-0.4, -0.2) is 27.2 Å². The molecule has 3 aromatic heterocycles. The smallest absolute Gasteiger partial charge is 0.255 e. The molecule has 148 valence electrons. The molecule has 3 heterocycles. The first-order chi connectivity index (χ1) is 13.8. The lowest BCUT2D eigenvalue weighted by molar-refractivity contribution is 0.0743. The van der Waals surface area contributed by atoms with Crippen LogP contribution in [0.3, 0.4) is 0 Å². The molecule has 5 nitrogen and oxygen atoms in total. The van der Waals surface area contributed by atoms with Crippen LogP contribution in [-0.2, 0) is 0 Å². The van der Waals surface area contributed by atoms with Gasteiger partial charge in [-0.3, -0.25) is 9.59 Å². The van der Waals surface area contributed by atoms with Gasteiger partial charge in [-0.15, -0.1) is 0 Å². The minimum atomic E-state index is -1.10. The summed E-state index contributed by atoms with van der Waals surface area (Å²) >= 11 is 6.18. The maximum Gasteiger partial charge on any atom is 0.255 e. The monoisotopic (exact) mass is 415 g/mol.